The van der Waals surface area contributed by atoms with Crippen molar-refractivity contribution < 1.29 is 37.7 Å². The summed E-state index contributed by atoms with van der Waals surface area (Å²) >= 11 is 0. The Hall–Kier alpha value is -4.26. The van der Waals surface area contributed by atoms with Crippen LogP contribution >= 0.6 is 0 Å². The Morgan fingerprint density at radius 3 is 2.48 bits per heavy atom. The highest BCUT2D eigenvalue weighted by molar-refractivity contribution is 6.00. The van der Waals surface area contributed by atoms with Gasteiger partial charge < -0.3 is 29.2 Å². The number of carbonyl (C=O) groups excluding carboxylic acids is 4. The maximum atomic E-state index is 14.1. The topological polar surface area (TPSA) is 130 Å². The number of morpholine rings is 1. The minimum atomic E-state index is -0.997. The summed E-state index contributed by atoms with van der Waals surface area (Å²) < 4.78 is 12.3. The Kier molecular flexibility index (Phi) is 9.67. The summed E-state index contributed by atoms with van der Waals surface area (Å²) in [6.45, 7) is 7.04. The highest BCUT2D eigenvalue weighted by Gasteiger charge is 2.41. The first kappa shape index (κ1) is 31.7. The van der Waals surface area contributed by atoms with Gasteiger partial charge >= 0.3 is 11.9 Å². The van der Waals surface area contributed by atoms with Gasteiger partial charge in [-0.2, -0.15) is 0 Å². The number of para-hydroxylation sites is 2. The zero-order valence-electron chi connectivity index (χ0n) is 26.2. The summed E-state index contributed by atoms with van der Waals surface area (Å²) in [6, 6.07) is 15.9. The van der Waals surface area contributed by atoms with Crippen LogP contribution in [-0.2, 0) is 19.2 Å². The molecule has 4 amide bonds. The van der Waals surface area contributed by atoms with Gasteiger partial charge in [-0.25, -0.2) is 9.86 Å². The van der Waals surface area contributed by atoms with Crippen LogP contribution < -0.4 is 10.6 Å². The molecule has 0 aliphatic carbocycles. The number of carbonyl (C=O) groups is 4. The molecule has 3 aliphatic heterocycles. The van der Waals surface area contributed by atoms with Gasteiger partial charge in [-0.05, 0) is 43.5 Å². The highest BCUT2D eigenvalue weighted by atomic mass is 16.7. The number of nitrogens with one attached hydrogen (secondary N) is 2. The summed E-state index contributed by atoms with van der Waals surface area (Å²) in [5.41, 5.74) is 1.20. The van der Waals surface area contributed by atoms with Crippen molar-refractivity contribution in [3.05, 3.63) is 66.4 Å². The van der Waals surface area contributed by atoms with E-state index in [0.29, 0.717) is 56.8 Å². The minimum Gasteiger partial charge on any atom is -0.451 e. The summed E-state index contributed by atoms with van der Waals surface area (Å²) in [5, 5.41) is 7.69. The quantitative estimate of drug-likeness (QED) is 0.422. The Balaban J connectivity index is 1.20. The number of fused-ring (bicyclic) bond motifs is 1. The highest BCUT2D eigenvalue weighted by Crippen LogP contribution is 2.26. The van der Waals surface area contributed by atoms with Crippen LogP contribution in [0.2, 0.25) is 0 Å². The van der Waals surface area contributed by atoms with Crippen molar-refractivity contribution in [2.24, 2.45) is 5.92 Å². The number of anilines is 1. The molecule has 2 N–H and O–H groups in total. The number of likely N-dealkylation sites (tertiary alicyclic amines) is 1. The van der Waals surface area contributed by atoms with E-state index in [9.17, 15) is 19.2 Å². The zero-order chi connectivity index (χ0) is 32.1. The maximum Gasteiger partial charge on any atom is 0.322 e. The van der Waals surface area contributed by atoms with Crippen molar-refractivity contribution in [3.63, 3.8) is 0 Å². The third-order valence-corrected chi connectivity index (χ3v) is 9.25. The predicted molar refractivity (Wildman–Crippen MR) is 170 cm³/mol. The summed E-state index contributed by atoms with van der Waals surface area (Å²) in [4.78, 5) is 62.1. The van der Waals surface area contributed by atoms with E-state index in [4.69, 9.17) is 14.0 Å². The third kappa shape index (κ3) is 7.24. The number of hydrogen-bond acceptors (Lipinski definition) is 7. The summed E-state index contributed by atoms with van der Waals surface area (Å²) in [6.07, 6.45) is 1.24. The molecule has 2 aromatic carbocycles. The van der Waals surface area contributed by atoms with E-state index in [0.717, 1.165) is 34.6 Å². The molecule has 2 unspecified atom stereocenters. The fourth-order valence-electron chi connectivity index (χ4n) is 6.82. The van der Waals surface area contributed by atoms with Gasteiger partial charge in [0.25, 0.3) is 0 Å². The molecule has 12 heteroatoms. The largest absolute Gasteiger partial charge is 0.451 e. The van der Waals surface area contributed by atoms with E-state index in [1.165, 1.54) is 4.90 Å². The summed E-state index contributed by atoms with van der Waals surface area (Å²) in [5.74, 6) is -1.14. The molecule has 3 atom stereocenters. The number of quaternary nitrogens is 1. The number of hydrogen-bond donors (Lipinski definition) is 2. The van der Waals surface area contributed by atoms with Crippen molar-refractivity contribution in [2.75, 3.05) is 64.4 Å². The number of hydroxylamine groups is 2. The van der Waals surface area contributed by atoms with Crippen LogP contribution in [0, 0.1) is 5.92 Å². The van der Waals surface area contributed by atoms with Crippen LogP contribution in [0.4, 0.5) is 10.5 Å². The average molecular weight is 633 g/mol. The van der Waals surface area contributed by atoms with Crippen molar-refractivity contribution in [3.8, 4) is 0 Å². The molecule has 3 fully saturated rings. The predicted octanol–water partition coefficient (Wildman–Crippen LogP) is 3.44. The molecule has 0 bridgehead atoms. The van der Waals surface area contributed by atoms with Gasteiger partial charge in [-0.1, -0.05) is 43.3 Å². The van der Waals surface area contributed by atoms with Gasteiger partial charge in [0.2, 0.25) is 5.91 Å². The molecule has 3 aromatic rings. The fourth-order valence-corrected chi connectivity index (χ4v) is 6.82. The number of nitrogens with zero attached hydrogens (tertiary/aromatic N) is 3. The van der Waals surface area contributed by atoms with Crippen molar-refractivity contribution in [1.82, 2.24) is 15.3 Å². The van der Waals surface area contributed by atoms with Crippen molar-refractivity contribution in [1.29, 1.82) is 0 Å². The number of rotatable bonds is 4. The SMILES string of the molecule is CC1C[C@@H](C(=O)NC2CCCN(C(=O)Nc3ccccc3)CC2=O)N(C(=O)c2cc3ccccc3o2)OCC[N+]2(CCOCC2)C1. The second-order valence-corrected chi connectivity index (χ2v) is 12.7. The molecule has 244 valence electrons. The van der Waals surface area contributed by atoms with Crippen LogP contribution in [-0.4, -0.2) is 109 Å². The van der Waals surface area contributed by atoms with E-state index < -0.39 is 23.9 Å². The van der Waals surface area contributed by atoms with Gasteiger partial charge in [0.15, 0.2) is 11.5 Å². The molecule has 0 saturated carbocycles. The maximum absolute atomic E-state index is 14.1. The number of furan rings is 1. The van der Waals surface area contributed by atoms with Crippen LogP contribution in [0.1, 0.15) is 36.7 Å². The number of benzene rings is 2. The molecule has 3 saturated heterocycles. The lowest BCUT2D eigenvalue weighted by Gasteiger charge is -2.42. The zero-order valence-corrected chi connectivity index (χ0v) is 26.2. The van der Waals surface area contributed by atoms with Crippen LogP contribution in [0.5, 0.6) is 0 Å². The Bertz CT molecular complexity index is 1520. The molecular weight excluding hydrogens is 590 g/mol. The lowest BCUT2D eigenvalue weighted by Crippen LogP contribution is -2.58. The second kappa shape index (κ2) is 14.0. The standard InChI is InChI=1S/C34H41N5O7/c1-24-20-28(32(41)36-27-11-7-13-37(22-29(27)40)34(43)35-26-9-3-2-4-10-26)38(45-19-16-39(23-24)14-17-44-18-15-39)33(42)31-21-25-8-5-6-12-30(25)46-31/h2-6,8-10,12,21,24,27-28H,7,11,13-20,22-23H2,1H3,(H-,35,36,41,43)/p+1/t24?,27?,28-/m0/s1. The van der Waals surface area contributed by atoms with Gasteiger partial charge in [-0.15, -0.1) is 0 Å². The monoisotopic (exact) mass is 632 g/mol. The first-order valence-electron chi connectivity index (χ1n) is 16.1. The molecule has 3 aliphatic rings. The van der Waals surface area contributed by atoms with E-state index in [2.05, 4.69) is 17.6 Å². The number of amides is 4. The molecule has 1 aromatic heterocycles. The lowest BCUT2D eigenvalue weighted by atomic mass is 9.97. The van der Waals surface area contributed by atoms with Gasteiger partial charge in [-0.3, -0.25) is 19.2 Å². The van der Waals surface area contributed by atoms with E-state index >= 15 is 0 Å². The molecule has 1 spiro atoms. The number of ether oxygens (including phenoxy) is 1. The molecular formula is C34H42N5O7+. The fraction of sp³-hybridized carbons (Fsp3) is 0.471. The number of ketones is 1. The van der Waals surface area contributed by atoms with Gasteiger partial charge in [0.1, 0.15) is 37.9 Å². The first-order valence-corrected chi connectivity index (χ1v) is 16.1. The van der Waals surface area contributed by atoms with E-state index in [1.807, 2.05) is 36.4 Å². The third-order valence-electron chi connectivity index (χ3n) is 9.25. The molecule has 4 heterocycles. The Morgan fingerprint density at radius 2 is 1.70 bits per heavy atom. The van der Waals surface area contributed by atoms with Crippen LogP contribution in [0.25, 0.3) is 11.0 Å². The number of Topliss-reactive ketones (excluding diaryl/α,β-unsaturated/α-hetero) is 1. The van der Waals surface area contributed by atoms with Crippen molar-refractivity contribution in [2.45, 2.75) is 38.3 Å². The van der Waals surface area contributed by atoms with Crippen molar-refractivity contribution >= 4 is 40.3 Å². The smallest absolute Gasteiger partial charge is 0.322 e. The average Bonchev–Trinajstić information content (AvgIpc) is 3.43. The lowest BCUT2D eigenvalue weighted by molar-refractivity contribution is -0.938. The van der Waals surface area contributed by atoms with Crippen LogP contribution in [0.3, 0.4) is 0 Å². The normalized spacial score (nSPS) is 24.0. The van der Waals surface area contributed by atoms with E-state index in [1.54, 1.807) is 24.3 Å². The minimum absolute atomic E-state index is 0.0588. The van der Waals surface area contributed by atoms with Gasteiger partial charge in [0, 0.05) is 23.5 Å². The second-order valence-electron chi connectivity index (χ2n) is 12.7. The first-order chi connectivity index (χ1) is 22.3. The van der Waals surface area contributed by atoms with Gasteiger partial charge in [0.05, 0.1) is 32.3 Å². The Labute approximate surface area is 268 Å². The Morgan fingerprint density at radius 1 is 0.957 bits per heavy atom. The van der Waals surface area contributed by atoms with E-state index in [-0.39, 0.29) is 36.6 Å². The molecule has 46 heavy (non-hydrogen) atoms. The molecule has 6 rings (SSSR count). The van der Waals surface area contributed by atoms with Crippen LogP contribution in [0.15, 0.2) is 65.1 Å². The number of urea groups is 1. The molecule has 0 radical (unpaired) electrons. The summed E-state index contributed by atoms with van der Waals surface area (Å²) in [7, 11) is 0. The molecule has 12 nitrogen and oxygen atoms in total.